The van der Waals surface area contributed by atoms with E-state index in [0.29, 0.717) is 17.5 Å². The summed E-state index contributed by atoms with van der Waals surface area (Å²) in [6.45, 7) is 2.59. The molecule has 1 amide bonds. The van der Waals surface area contributed by atoms with Crippen LogP contribution >= 0.6 is 0 Å². The lowest BCUT2D eigenvalue weighted by Gasteiger charge is -2.07. The first-order valence-corrected chi connectivity index (χ1v) is 6.78. The quantitative estimate of drug-likeness (QED) is 0.876. The molecular formula is C15H17N3O2. The lowest BCUT2D eigenvalue weighted by atomic mass is 10.2. The van der Waals surface area contributed by atoms with E-state index in [1.165, 1.54) is 12.8 Å². The molecule has 1 aliphatic carbocycles. The van der Waals surface area contributed by atoms with E-state index in [-0.39, 0.29) is 5.91 Å². The summed E-state index contributed by atoms with van der Waals surface area (Å²) < 4.78 is 4.90. The molecule has 0 spiro atoms. The zero-order valence-electron chi connectivity index (χ0n) is 11.3. The minimum atomic E-state index is -0.255. The van der Waals surface area contributed by atoms with Crippen LogP contribution in [0.25, 0.3) is 0 Å². The summed E-state index contributed by atoms with van der Waals surface area (Å²) in [4.78, 5) is 12.0. The van der Waals surface area contributed by atoms with Crippen LogP contribution in [-0.4, -0.2) is 17.1 Å². The second-order valence-corrected chi connectivity index (χ2v) is 5.13. The number of nitrogens with zero attached hydrogens (tertiary/aromatic N) is 1. The lowest BCUT2D eigenvalue weighted by molar-refractivity contribution is 0.101. The largest absolute Gasteiger partial charge is 0.361 e. The minimum Gasteiger partial charge on any atom is -0.361 e. The Hall–Kier alpha value is -2.14. The van der Waals surface area contributed by atoms with Crippen molar-refractivity contribution in [3.8, 4) is 0 Å². The molecule has 20 heavy (non-hydrogen) atoms. The third-order valence-electron chi connectivity index (χ3n) is 3.22. The minimum absolute atomic E-state index is 0.255. The molecule has 2 aromatic rings. The smallest absolute Gasteiger partial charge is 0.277 e. The van der Waals surface area contributed by atoms with E-state index >= 15 is 0 Å². The van der Waals surface area contributed by atoms with Gasteiger partial charge in [0.1, 0.15) is 5.76 Å². The second kappa shape index (κ2) is 5.46. The van der Waals surface area contributed by atoms with Gasteiger partial charge in [0, 0.05) is 24.3 Å². The Morgan fingerprint density at radius 3 is 2.95 bits per heavy atom. The molecule has 0 radical (unpaired) electrons. The van der Waals surface area contributed by atoms with Gasteiger partial charge in [0.15, 0.2) is 5.69 Å². The van der Waals surface area contributed by atoms with Gasteiger partial charge in [0.2, 0.25) is 0 Å². The summed E-state index contributed by atoms with van der Waals surface area (Å²) in [6.07, 6.45) is 2.53. The number of carbonyl (C=O) groups is 1. The maximum absolute atomic E-state index is 12.0. The van der Waals surface area contributed by atoms with E-state index in [1.54, 1.807) is 13.0 Å². The fourth-order valence-electron chi connectivity index (χ4n) is 1.98. The van der Waals surface area contributed by atoms with Crippen LogP contribution in [0.15, 0.2) is 34.9 Å². The predicted molar refractivity (Wildman–Crippen MR) is 75.5 cm³/mol. The summed E-state index contributed by atoms with van der Waals surface area (Å²) in [5, 5.41) is 9.98. The average Bonchev–Trinajstić information content (AvgIpc) is 3.17. The molecule has 5 nitrogen and oxygen atoms in total. The molecule has 104 valence electrons. The van der Waals surface area contributed by atoms with Crippen LogP contribution < -0.4 is 10.6 Å². The van der Waals surface area contributed by atoms with Gasteiger partial charge in [-0.25, -0.2) is 0 Å². The van der Waals surface area contributed by atoms with Crippen LogP contribution in [0.1, 0.15) is 34.7 Å². The monoisotopic (exact) mass is 271 g/mol. The van der Waals surface area contributed by atoms with E-state index in [9.17, 15) is 4.79 Å². The summed E-state index contributed by atoms with van der Waals surface area (Å²) in [7, 11) is 0. The number of anilines is 1. The Balaban J connectivity index is 1.64. The van der Waals surface area contributed by atoms with Gasteiger partial charge in [-0.3, -0.25) is 4.79 Å². The number of benzene rings is 1. The maximum Gasteiger partial charge on any atom is 0.277 e. The molecule has 1 aromatic carbocycles. The summed E-state index contributed by atoms with van der Waals surface area (Å²) in [6, 6.07) is 10.1. The Labute approximate surface area is 117 Å². The van der Waals surface area contributed by atoms with Crippen molar-refractivity contribution >= 4 is 11.6 Å². The van der Waals surface area contributed by atoms with Crippen molar-refractivity contribution in [2.24, 2.45) is 0 Å². The standard InChI is InChI=1S/C15H17N3O2/c1-10-7-14(18-20-10)15(19)17-13-4-2-3-11(8-13)9-16-12-5-6-12/h2-4,7-8,12,16H,5-6,9H2,1H3,(H,17,19). The van der Waals surface area contributed by atoms with Crippen molar-refractivity contribution in [1.29, 1.82) is 0 Å². The molecule has 0 aliphatic heterocycles. The second-order valence-electron chi connectivity index (χ2n) is 5.13. The van der Waals surface area contributed by atoms with E-state index < -0.39 is 0 Å². The van der Waals surface area contributed by atoms with Gasteiger partial charge >= 0.3 is 0 Å². The van der Waals surface area contributed by atoms with Gasteiger partial charge in [0.25, 0.3) is 5.91 Å². The summed E-state index contributed by atoms with van der Waals surface area (Å²) in [5.41, 5.74) is 2.22. The molecule has 2 N–H and O–H groups in total. The van der Waals surface area contributed by atoms with Gasteiger partial charge in [-0.05, 0) is 37.5 Å². The molecule has 1 fully saturated rings. The van der Waals surface area contributed by atoms with Gasteiger partial charge in [-0.15, -0.1) is 0 Å². The summed E-state index contributed by atoms with van der Waals surface area (Å²) in [5.74, 6) is 0.367. The van der Waals surface area contributed by atoms with Crippen LogP contribution in [0.4, 0.5) is 5.69 Å². The number of hydrogen-bond donors (Lipinski definition) is 2. The molecule has 0 atom stereocenters. The SMILES string of the molecule is Cc1cc(C(=O)Nc2cccc(CNC3CC3)c2)no1. The molecule has 1 aliphatic rings. The third kappa shape index (κ3) is 3.24. The maximum atomic E-state index is 12.0. The number of nitrogens with one attached hydrogen (secondary N) is 2. The van der Waals surface area contributed by atoms with Gasteiger partial charge in [-0.2, -0.15) is 0 Å². The van der Waals surface area contributed by atoms with Crippen LogP contribution in [0.2, 0.25) is 0 Å². The molecule has 0 bridgehead atoms. The zero-order valence-corrected chi connectivity index (χ0v) is 11.3. The molecule has 0 unspecified atom stereocenters. The number of amides is 1. The molecule has 1 saturated carbocycles. The topological polar surface area (TPSA) is 67.2 Å². The van der Waals surface area contributed by atoms with Gasteiger partial charge < -0.3 is 15.2 Å². The number of carbonyl (C=O) groups excluding carboxylic acids is 1. The highest BCUT2D eigenvalue weighted by atomic mass is 16.5. The molecule has 5 heteroatoms. The number of rotatable bonds is 5. The Kier molecular flexibility index (Phi) is 3.52. The molecule has 1 heterocycles. The van der Waals surface area contributed by atoms with Crippen molar-refractivity contribution in [3.05, 3.63) is 47.3 Å². The van der Waals surface area contributed by atoms with E-state index in [0.717, 1.165) is 17.8 Å². The third-order valence-corrected chi connectivity index (χ3v) is 3.22. The highest BCUT2D eigenvalue weighted by Crippen LogP contribution is 2.20. The first-order valence-electron chi connectivity index (χ1n) is 6.78. The summed E-state index contributed by atoms with van der Waals surface area (Å²) >= 11 is 0. The van der Waals surface area contributed by atoms with E-state index in [1.807, 2.05) is 24.3 Å². The number of aromatic nitrogens is 1. The highest BCUT2D eigenvalue weighted by molar-refractivity contribution is 6.02. The van der Waals surface area contributed by atoms with Crippen molar-refractivity contribution in [3.63, 3.8) is 0 Å². The van der Waals surface area contributed by atoms with Crippen LogP contribution in [0.5, 0.6) is 0 Å². The average molecular weight is 271 g/mol. The molecule has 1 aromatic heterocycles. The van der Waals surface area contributed by atoms with Gasteiger partial charge in [0.05, 0.1) is 0 Å². The molecular weight excluding hydrogens is 254 g/mol. The van der Waals surface area contributed by atoms with Crippen molar-refractivity contribution in [2.75, 3.05) is 5.32 Å². The Bertz CT molecular complexity index is 617. The fourth-order valence-corrected chi connectivity index (χ4v) is 1.98. The van der Waals surface area contributed by atoms with Crippen LogP contribution in [0.3, 0.4) is 0 Å². The molecule has 3 rings (SSSR count). The fraction of sp³-hybridized carbons (Fsp3) is 0.333. The Morgan fingerprint density at radius 2 is 2.25 bits per heavy atom. The van der Waals surface area contributed by atoms with Crippen LogP contribution in [-0.2, 0) is 6.54 Å². The van der Waals surface area contributed by atoms with E-state index in [2.05, 4.69) is 15.8 Å². The number of hydrogen-bond acceptors (Lipinski definition) is 4. The number of aryl methyl sites for hydroxylation is 1. The Morgan fingerprint density at radius 1 is 1.40 bits per heavy atom. The normalized spacial score (nSPS) is 14.2. The first kappa shape index (κ1) is 12.9. The zero-order chi connectivity index (χ0) is 13.9. The van der Waals surface area contributed by atoms with Gasteiger partial charge in [-0.1, -0.05) is 17.3 Å². The lowest BCUT2D eigenvalue weighted by Crippen LogP contribution is -2.16. The highest BCUT2D eigenvalue weighted by Gasteiger charge is 2.20. The van der Waals surface area contributed by atoms with Crippen molar-refractivity contribution in [2.45, 2.75) is 32.4 Å². The molecule has 0 saturated heterocycles. The first-order chi connectivity index (χ1) is 9.70. The van der Waals surface area contributed by atoms with E-state index in [4.69, 9.17) is 4.52 Å². The van der Waals surface area contributed by atoms with Crippen molar-refractivity contribution in [1.82, 2.24) is 10.5 Å². The van der Waals surface area contributed by atoms with Crippen molar-refractivity contribution < 1.29 is 9.32 Å². The van der Waals surface area contributed by atoms with Crippen LogP contribution in [0, 0.1) is 6.92 Å². The predicted octanol–water partition coefficient (Wildman–Crippen LogP) is 2.49.